The number of aromatic hydroxyl groups is 1. The van der Waals surface area contributed by atoms with Gasteiger partial charge in [-0.25, -0.2) is 0 Å². The molecule has 6 heteroatoms. The second kappa shape index (κ2) is 10.3. The van der Waals surface area contributed by atoms with Gasteiger partial charge < -0.3 is 9.84 Å². The first-order chi connectivity index (χ1) is 12.9. The van der Waals surface area contributed by atoms with Gasteiger partial charge in [-0.2, -0.15) is 8.42 Å². The van der Waals surface area contributed by atoms with E-state index in [1.807, 2.05) is 24.3 Å². The van der Waals surface area contributed by atoms with Crippen molar-refractivity contribution in [3.8, 4) is 17.2 Å². The average molecular weight is 393 g/mol. The standard InChI is InChI=1S/C21H28O5S/c1-2-3-4-5-6-7-8-9-17-10-12-19(13-11-17)26-20-14-18(22)15-21(16-20)27(23,24)25/h10-16,22H,2-9H2,1H3,(H,23,24,25). The molecule has 5 nitrogen and oxygen atoms in total. The Morgan fingerprint density at radius 1 is 0.852 bits per heavy atom. The zero-order valence-electron chi connectivity index (χ0n) is 15.7. The predicted molar refractivity (Wildman–Crippen MR) is 106 cm³/mol. The number of rotatable bonds is 11. The second-order valence-electron chi connectivity index (χ2n) is 6.76. The van der Waals surface area contributed by atoms with Crippen molar-refractivity contribution in [2.75, 3.05) is 0 Å². The number of phenols is 1. The van der Waals surface area contributed by atoms with E-state index in [9.17, 15) is 13.5 Å². The number of phenolic OH excluding ortho intramolecular Hbond substituents is 1. The summed E-state index contributed by atoms with van der Waals surface area (Å²) in [6, 6.07) is 11.0. The third-order valence-electron chi connectivity index (χ3n) is 4.39. The number of unbranched alkanes of at least 4 members (excludes halogenated alkanes) is 6. The molecule has 148 valence electrons. The van der Waals surface area contributed by atoms with E-state index in [0.29, 0.717) is 5.75 Å². The Bertz CT molecular complexity index is 813. The third kappa shape index (κ3) is 7.61. The normalized spacial score (nSPS) is 11.5. The maximum atomic E-state index is 11.2. The van der Waals surface area contributed by atoms with Crippen molar-refractivity contribution in [3.05, 3.63) is 48.0 Å². The molecule has 0 fully saturated rings. The molecule has 2 rings (SSSR count). The number of benzene rings is 2. The minimum absolute atomic E-state index is 0.141. The largest absolute Gasteiger partial charge is 0.508 e. The van der Waals surface area contributed by atoms with Gasteiger partial charge >= 0.3 is 0 Å². The Balaban J connectivity index is 1.86. The molecule has 2 aromatic rings. The monoisotopic (exact) mass is 392 g/mol. The lowest BCUT2D eigenvalue weighted by molar-refractivity contribution is 0.447. The Morgan fingerprint density at radius 3 is 2.11 bits per heavy atom. The first-order valence-electron chi connectivity index (χ1n) is 9.47. The lowest BCUT2D eigenvalue weighted by Gasteiger charge is -2.09. The van der Waals surface area contributed by atoms with Crippen molar-refractivity contribution < 1.29 is 22.8 Å². The molecular weight excluding hydrogens is 364 g/mol. The molecule has 0 spiro atoms. The van der Waals surface area contributed by atoms with Crippen LogP contribution in [0.2, 0.25) is 0 Å². The van der Waals surface area contributed by atoms with Crippen LogP contribution in [0.5, 0.6) is 17.2 Å². The van der Waals surface area contributed by atoms with E-state index >= 15 is 0 Å². The Kier molecular flexibility index (Phi) is 8.13. The molecule has 0 aliphatic carbocycles. The van der Waals surface area contributed by atoms with Gasteiger partial charge in [-0.15, -0.1) is 0 Å². The van der Waals surface area contributed by atoms with Crippen molar-refractivity contribution >= 4 is 10.1 Å². The van der Waals surface area contributed by atoms with Crippen molar-refractivity contribution in [2.24, 2.45) is 0 Å². The van der Waals surface area contributed by atoms with Gasteiger partial charge in [0.05, 0.1) is 0 Å². The quantitative estimate of drug-likeness (QED) is 0.377. The van der Waals surface area contributed by atoms with Crippen LogP contribution in [-0.2, 0) is 16.5 Å². The summed E-state index contributed by atoms with van der Waals surface area (Å²) in [6.07, 6.45) is 9.95. The molecule has 0 aromatic heterocycles. The number of hydrogen-bond donors (Lipinski definition) is 2. The van der Waals surface area contributed by atoms with Crippen molar-refractivity contribution in [1.29, 1.82) is 0 Å². The average Bonchev–Trinajstić information content (AvgIpc) is 2.61. The molecule has 0 saturated carbocycles. The van der Waals surface area contributed by atoms with Gasteiger partial charge in [0.1, 0.15) is 22.1 Å². The Morgan fingerprint density at radius 2 is 1.48 bits per heavy atom. The molecule has 0 aliphatic rings. The molecule has 2 aromatic carbocycles. The molecule has 0 aliphatic heterocycles. The Hall–Kier alpha value is -2.05. The smallest absolute Gasteiger partial charge is 0.294 e. The summed E-state index contributed by atoms with van der Waals surface area (Å²) in [6.45, 7) is 2.22. The van der Waals surface area contributed by atoms with Crippen molar-refractivity contribution in [1.82, 2.24) is 0 Å². The maximum absolute atomic E-state index is 11.2. The molecule has 0 saturated heterocycles. The second-order valence-corrected chi connectivity index (χ2v) is 8.18. The van der Waals surface area contributed by atoms with Gasteiger partial charge in [0, 0.05) is 18.2 Å². The van der Waals surface area contributed by atoms with E-state index in [1.165, 1.54) is 56.2 Å². The zero-order chi connectivity index (χ0) is 19.7. The fourth-order valence-corrected chi connectivity index (χ4v) is 3.45. The highest BCUT2D eigenvalue weighted by Crippen LogP contribution is 2.29. The summed E-state index contributed by atoms with van der Waals surface area (Å²) >= 11 is 0. The van der Waals surface area contributed by atoms with Gasteiger partial charge in [0.25, 0.3) is 10.1 Å². The highest BCUT2D eigenvalue weighted by Gasteiger charge is 2.13. The van der Waals surface area contributed by atoms with Gasteiger partial charge in [-0.05, 0) is 30.5 Å². The van der Waals surface area contributed by atoms with Crippen molar-refractivity contribution in [2.45, 2.75) is 63.2 Å². The van der Waals surface area contributed by atoms with E-state index < -0.39 is 15.0 Å². The highest BCUT2D eigenvalue weighted by molar-refractivity contribution is 7.85. The summed E-state index contributed by atoms with van der Waals surface area (Å²) in [5.74, 6) is 0.378. The summed E-state index contributed by atoms with van der Waals surface area (Å²) in [7, 11) is -4.41. The number of aryl methyl sites for hydroxylation is 1. The SMILES string of the molecule is CCCCCCCCCc1ccc(Oc2cc(O)cc(S(=O)(=O)O)c2)cc1. The van der Waals surface area contributed by atoms with Crippen LogP contribution in [0.3, 0.4) is 0 Å². The maximum Gasteiger partial charge on any atom is 0.294 e. The highest BCUT2D eigenvalue weighted by atomic mass is 32.2. The van der Waals surface area contributed by atoms with E-state index in [1.54, 1.807) is 0 Å². The molecule has 2 N–H and O–H groups in total. The van der Waals surface area contributed by atoms with Crippen LogP contribution in [-0.4, -0.2) is 18.1 Å². The van der Waals surface area contributed by atoms with Crippen LogP contribution < -0.4 is 4.74 Å². The van der Waals surface area contributed by atoms with E-state index in [4.69, 9.17) is 9.29 Å². The fourth-order valence-electron chi connectivity index (χ4n) is 2.91. The molecule has 0 bridgehead atoms. The molecule has 0 unspecified atom stereocenters. The topological polar surface area (TPSA) is 83.8 Å². The van der Waals surface area contributed by atoms with Crippen LogP contribution >= 0.6 is 0 Å². The zero-order valence-corrected chi connectivity index (χ0v) is 16.5. The lowest BCUT2D eigenvalue weighted by atomic mass is 10.0. The fraction of sp³-hybridized carbons (Fsp3) is 0.429. The van der Waals surface area contributed by atoms with E-state index in [-0.39, 0.29) is 11.5 Å². The molecular formula is C21H28O5S. The third-order valence-corrected chi connectivity index (χ3v) is 5.22. The van der Waals surface area contributed by atoms with E-state index in [0.717, 1.165) is 18.9 Å². The molecule has 0 amide bonds. The molecule has 0 atom stereocenters. The van der Waals surface area contributed by atoms with Crippen LogP contribution in [0.1, 0.15) is 57.4 Å². The minimum Gasteiger partial charge on any atom is -0.508 e. The van der Waals surface area contributed by atoms with Crippen LogP contribution in [0.25, 0.3) is 0 Å². The van der Waals surface area contributed by atoms with Gasteiger partial charge in [-0.1, -0.05) is 57.6 Å². The summed E-state index contributed by atoms with van der Waals surface area (Å²) < 4.78 is 37.1. The Labute approximate surface area is 161 Å². The summed E-state index contributed by atoms with van der Waals surface area (Å²) in [5.41, 5.74) is 1.23. The number of hydrogen-bond acceptors (Lipinski definition) is 4. The van der Waals surface area contributed by atoms with Crippen LogP contribution in [0.4, 0.5) is 0 Å². The minimum atomic E-state index is -4.41. The molecule has 27 heavy (non-hydrogen) atoms. The summed E-state index contributed by atoms with van der Waals surface area (Å²) in [4.78, 5) is -0.409. The lowest BCUT2D eigenvalue weighted by Crippen LogP contribution is -1.98. The van der Waals surface area contributed by atoms with Crippen LogP contribution in [0, 0.1) is 0 Å². The molecule has 0 radical (unpaired) electrons. The van der Waals surface area contributed by atoms with E-state index in [2.05, 4.69) is 6.92 Å². The van der Waals surface area contributed by atoms with Gasteiger partial charge in [0.2, 0.25) is 0 Å². The first-order valence-corrected chi connectivity index (χ1v) is 10.9. The van der Waals surface area contributed by atoms with Crippen molar-refractivity contribution in [3.63, 3.8) is 0 Å². The molecule has 0 heterocycles. The van der Waals surface area contributed by atoms with Crippen LogP contribution in [0.15, 0.2) is 47.4 Å². The van der Waals surface area contributed by atoms with Gasteiger partial charge in [-0.3, -0.25) is 4.55 Å². The van der Waals surface area contributed by atoms with Gasteiger partial charge in [0.15, 0.2) is 0 Å². The predicted octanol–water partition coefficient (Wildman–Crippen LogP) is 5.72. The first kappa shape index (κ1) is 21.3. The summed E-state index contributed by atoms with van der Waals surface area (Å²) in [5, 5.41) is 9.61. The number of ether oxygens (including phenoxy) is 1.